The van der Waals surface area contributed by atoms with E-state index in [1.54, 1.807) is 24.3 Å². The quantitative estimate of drug-likeness (QED) is 0.906. The highest BCUT2D eigenvalue weighted by Gasteiger charge is 2.34. The summed E-state index contributed by atoms with van der Waals surface area (Å²) in [5.74, 6) is 1.27. The van der Waals surface area contributed by atoms with Gasteiger partial charge in [-0.1, -0.05) is 29.8 Å². The SMILES string of the molecule is CC1(C)CC(NC(=O)COc2ccc(Cl)cc2)c2ccccc2O1. The second-order valence-corrected chi connectivity index (χ2v) is 6.90. The Labute approximate surface area is 146 Å². The molecule has 0 saturated heterocycles. The van der Waals surface area contributed by atoms with Gasteiger partial charge in [0.25, 0.3) is 5.91 Å². The van der Waals surface area contributed by atoms with Crippen LogP contribution < -0.4 is 14.8 Å². The Morgan fingerprint density at radius 2 is 1.96 bits per heavy atom. The molecule has 126 valence electrons. The highest BCUT2D eigenvalue weighted by Crippen LogP contribution is 2.39. The van der Waals surface area contributed by atoms with Crippen molar-refractivity contribution >= 4 is 17.5 Å². The van der Waals surface area contributed by atoms with Crippen molar-refractivity contribution < 1.29 is 14.3 Å². The molecule has 0 aromatic heterocycles. The summed E-state index contributed by atoms with van der Waals surface area (Å²) in [7, 11) is 0. The number of rotatable bonds is 4. The maximum Gasteiger partial charge on any atom is 0.258 e. The maximum absolute atomic E-state index is 12.3. The molecule has 0 bridgehead atoms. The van der Waals surface area contributed by atoms with Crippen LogP contribution in [-0.2, 0) is 4.79 Å². The molecule has 0 aliphatic carbocycles. The van der Waals surface area contributed by atoms with Crippen LogP contribution in [0.3, 0.4) is 0 Å². The molecule has 1 heterocycles. The van der Waals surface area contributed by atoms with Crippen LogP contribution in [0.4, 0.5) is 0 Å². The zero-order chi connectivity index (χ0) is 17.2. The van der Waals surface area contributed by atoms with E-state index in [0.717, 1.165) is 11.3 Å². The first-order chi connectivity index (χ1) is 11.4. The van der Waals surface area contributed by atoms with Crippen molar-refractivity contribution in [1.29, 1.82) is 0 Å². The number of para-hydroxylation sites is 1. The van der Waals surface area contributed by atoms with Gasteiger partial charge in [-0.15, -0.1) is 0 Å². The minimum atomic E-state index is -0.330. The molecule has 0 fully saturated rings. The zero-order valence-corrected chi connectivity index (χ0v) is 14.5. The summed E-state index contributed by atoms with van der Waals surface area (Å²) in [5, 5.41) is 3.67. The van der Waals surface area contributed by atoms with Gasteiger partial charge in [-0.25, -0.2) is 0 Å². The third-order valence-electron chi connectivity index (χ3n) is 3.90. The average molecular weight is 346 g/mol. The fourth-order valence-corrected chi connectivity index (χ4v) is 2.97. The standard InChI is InChI=1S/C19H20ClNO3/c1-19(2)11-16(15-5-3-4-6-17(15)24-19)21-18(22)12-23-14-9-7-13(20)8-10-14/h3-10,16H,11-12H2,1-2H3,(H,21,22). The molecule has 1 N–H and O–H groups in total. The lowest BCUT2D eigenvalue weighted by molar-refractivity contribution is -0.124. The van der Waals surface area contributed by atoms with Crippen molar-refractivity contribution in [3.05, 3.63) is 59.1 Å². The number of carbonyl (C=O) groups excluding carboxylic acids is 1. The third-order valence-corrected chi connectivity index (χ3v) is 4.15. The average Bonchev–Trinajstić information content (AvgIpc) is 2.53. The first-order valence-electron chi connectivity index (χ1n) is 7.89. The molecule has 3 rings (SSSR count). The van der Waals surface area contributed by atoms with Gasteiger partial charge in [0, 0.05) is 17.0 Å². The van der Waals surface area contributed by atoms with Crippen molar-refractivity contribution in [3.63, 3.8) is 0 Å². The zero-order valence-electron chi connectivity index (χ0n) is 13.7. The van der Waals surface area contributed by atoms with Crippen molar-refractivity contribution in [2.75, 3.05) is 6.61 Å². The summed E-state index contributed by atoms with van der Waals surface area (Å²) in [4.78, 5) is 12.3. The molecule has 1 unspecified atom stereocenters. The van der Waals surface area contributed by atoms with E-state index in [1.807, 2.05) is 38.1 Å². The van der Waals surface area contributed by atoms with Crippen LogP contribution in [0.5, 0.6) is 11.5 Å². The van der Waals surface area contributed by atoms with Crippen molar-refractivity contribution in [3.8, 4) is 11.5 Å². The molecule has 1 aliphatic rings. The first-order valence-corrected chi connectivity index (χ1v) is 8.26. The fourth-order valence-electron chi connectivity index (χ4n) is 2.85. The van der Waals surface area contributed by atoms with Crippen LogP contribution in [0.15, 0.2) is 48.5 Å². The van der Waals surface area contributed by atoms with Crippen LogP contribution in [0.2, 0.25) is 5.02 Å². The van der Waals surface area contributed by atoms with E-state index in [-0.39, 0.29) is 24.2 Å². The third kappa shape index (κ3) is 4.01. The van der Waals surface area contributed by atoms with Crippen LogP contribution in [0.25, 0.3) is 0 Å². The highest BCUT2D eigenvalue weighted by atomic mass is 35.5. The molecule has 1 atom stereocenters. The topological polar surface area (TPSA) is 47.6 Å². The Morgan fingerprint density at radius 1 is 1.25 bits per heavy atom. The van der Waals surface area contributed by atoms with E-state index < -0.39 is 0 Å². The largest absolute Gasteiger partial charge is 0.487 e. The molecule has 5 heteroatoms. The molecular formula is C19H20ClNO3. The maximum atomic E-state index is 12.3. The summed E-state index contributed by atoms with van der Waals surface area (Å²) in [5.41, 5.74) is 0.667. The Bertz CT molecular complexity index is 728. The Balaban J connectivity index is 1.64. The van der Waals surface area contributed by atoms with Crippen molar-refractivity contribution in [1.82, 2.24) is 5.32 Å². The van der Waals surface area contributed by atoms with Crippen LogP contribution in [-0.4, -0.2) is 18.1 Å². The van der Waals surface area contributed by atoms with Crippen molar-refractivity contribution in [2.24, 2.45) is 0 Å². The number of halogens is 1. The molecular weight excluding hydrogens is 326 g/mol. The van der Waals surface area contributed by atoms with Gasteiger partial charge in [0.1, 0.15) is 17.1 Å². The number of hydrogen-bond donors (Lipinski definition) is 1. The van der Waals surface area contributed by atoms with Gasteiger partial charge in [0.2, 0.25) is 0 Å². The Morgan fingerprint density at radius 3 is 2.71 bits per heavy atom. The lowest BCUT2D eigenvalue weighted by Gasteiger charge is -2.37. The van der Waals surface area contributed by atoms with Gasteiger partial charge in [-0.2, -0.15) is 0 Å². The van der Waals surface area contributed by atoms with E-state index in [2.05, 4.69) is 5.32 Å². The summed E-state index contributed by atoms with van der Waals surface area (Å²) < 4.78 is 11.5. The summed E-state index contributed by atoms with van der Waals surface area (Å²) >= 11 is 5.83. The van der Waals surface area contributed by atoms with Crippen LogP contribution >= 0.6 is 11.6 Å². The normalized spacial score (nSPS) is 18.2. The second-order valence-electron chi connectivity index (χ2n) is 6.47. The van der Waals surface area contributed by atoms with E-state index in [4.69, 9.17) is 21.1 Å². The van der Waals surface area contributed by atoms with Gasteiger partial charge in [0.15, 0.2) is 6.61 Å². The monoisotopic (exact) mass is 345 g/mol. The fraction of sp³-hybridized carbons (Fsp3) is 0.316. The molecule has 0 radical (unpaired) electrons. The Hall–Kier alpha value is -2.20. The summed E-state index contributed by atoms with van der Waals surface area (Å²) in [6, 6.07) is 14.6. The van der Waals surface area contributed by atoms with Crippen LogP contribution in [0, 0.1) is 0 Å². The van der Waals surface area contributed by atoms with Gasteiger partial charge in [-0.05, 0) is 44.2 Å². The number of hydrogen-bond acceptors (Lipinski definition) is 3. The van der Waals surface area contributed by atoms with Gasteiger partial charge in [-0.3, -0.25) is 4.79 Å². The van der Waals surface area contributed by atoms with Gasteiger partial charge < -0.3 is 14.8 Å². The van der Waals surface area contributed by atoms with Crippen molar-refractivity contribution in [2.45, 2.75) is 31.9 Å². The number of carbonyl (C=O) groups is 1. The van der Waals surface area contributed by atoms with E-state index >= 15 is 0 Å². The summed E-state index contributed by atoms with van der Waals surface area (Å²) in [6.07, 6.45) is 0.705. The first kappa shape index (κ1) is 16.7. The second kappa shape index (κ2) is 6.73. The van der Waals surface area contributed by atoms with E-state index in [1.165, 1.54) is 0 Å². The highest BCUT2D eigenvalue weighted by molar-refractivity contribution is 6.30. The minimum absolute atomic E-state index is 0.0401. The molecule has 24 heavy (non-hydrogen) atoms. The van der Waals surface area contributed by atoms with E-state index in [0.29, 0.717) is 17.2 Å². The molecule has 0 spiro atoms. The number of amides is 1. The summed E-state index contributed by atoms with van der Waals surface area (Å²) in [6.45, 7) is 4.00. The number of benzene rings is 2. The van der Waals surface area contributed by atoms with E-state index in [9.17, 15) is 4.79 Å². The minimum Gasteiger partial charge on any atom is -0.487 e. The molecule has 2 aromatic rings. The number of ether oxygens (including phenoxy) is 2. The lowest BCUT2D eigenvalue weighted by Crippen LogP contribution is -2.42. The van der Waals surface area contributed by atoms with Gasteiger partial charge >= 0.3 is 0 Å². The predicted molar refractivity (Wildman–Crippen MR) is 93.6 cm³/mol. The lowest BCUT2D eigenvalue weighted by atomic mass is 9.90. The molecule has 4 nitrogen and oxygen atoms in total. The number of fused-ring (bicyclic) bond motifs is 1. The molecule has 2 aromatic carbocycles. The predicted octanol–water partition coefficient (Wildman–Crippen LogP) is 4.14. The Kier molecular flexibility index (Phi) is 4.67. The number of nitrogens with one attached hydrogen (secondary N) is 1. The van der Waals surface area contributed by atoms with Crippen LogP contribution in [0.1, 0.15) is 31.9 Å². The molecule has 1 aliphatic heterocycles. The molecule has 1 amide bonds. The molecule has 0 saturated carbocycles. The van der Waals surface area contributed by atoms with Gasteiger partial charge in [0.05, 0.1) is 6.04 Å². The smallest absolute Gasteiger partial charge is 0.258 e.